The maximum absolute atomic E-state index is 4.89. The maximum Gasteiger partial charge on any atom is 0.134 e. The molecule has 2 aliphatic heterocycles. The fraction of sp³-hybridized carbons (Fsp3) is 0.619. The second-order valence-electron chi connectivity index (χ2n) is 8.79. The topological polar surface area (TPSA) is 58.0 Å². The molecule has 2 aromatic rings. The first-order valence-electron chi connectivity index (χ1n) is 10.2. The summed E-state index contributed by atoms with van der Waals surface area (Å²) < 4.78 is 0. The lowest BCUT2D eigenvalue weighted by Gasteiger charge is -2.24. The number of aryl methyl sites for hydroxylation is 1. The molecule has 142 valence electrons. The predicted molar refractivity (Wildman–Crippen MR) is 106 cm³/mol. The van der Waals surface area contributed by atoms with E-state index in [0.29, 0.717) is 23.7 Å². The summed E-state index contributed by atoms with van der Waals surface area (Å²) in [5.41, 5.74) is 2.23. The summed E-state index contributed by atoms with van der Waals surface area (Å²) >= 11 is 0. The Morgan fingerprint density at radius 2 is 1.56 bits per heavy atom. The molecule has 2 unspecified atom stereocenters. The van der Waals surface area contributed by atoms with Gasteiger partial charge in [-0.2, -0.15) is 0 Å². The highest BCUT2D eigenvalue weighted by Crippen LogP contribution is 2.40. The molecule has 0 spiro atoms. The minimum absolute atomic E-state index is 0.436. The second kappa shape index (κ2) is 6.43. The van der Waals surface area contributed by atoms with Crippen molar-refractivity contribution in [2.75, 3.05) is 36.0 Å². The summed E-state index contributed by atoms with van der Waals surface area (Å²) in [5.74, 6) is 5.69. The second-order valence-corrected chi connectivity index (χ2v) is 8.79. The minimum atomic E-state index is 0.436. The van der Waals surface area contributed by atoms with Crippen LogP contribution in [0.25, 0.3) is 0 Å². The fourth-order valence-corrected chi connectivity index (χ4v) is 4.48. The zero-order valence-corrected chi connectivity index (χ0v) is 16.5. The molecule has 6 nitrogen and oxygen atoms in total. The third kappa shape index (κ3) is 3.26. The smallest absolute Gasteiger partial charge is 0.134 e. The minimum Gasteiger partial charge on any atom is -0.356 e. The molecular weight excluding hydrogens is 336 g/mol. The van der Waals surface area contributed by atoms with Crippen LogP contribution in [-0.4, -0.2) is 46.1 Å². The molecule has 2 aromatic heterocycles. The molecule has 0 amide bonds. The van der Waals surface area contributed by atoms with Crippen LogP contribution in [0.5, 0.6) is 0 Å². The maximum atomic E-state index is 4.89. The molecule has 27 heavy (non-hydrogen) atoms. The fourth-order valence-electron chi connectivity index (χ4n) is 4.48. The average molecular weight is 364 g/mol. The lowest BCUT2D eigenvalue weighted by molar-refractivity contribution is 0.533. The summed E-state index contributed by atoms with van der Waals surface area (Å²) in [4.78, 5) is 23.4. The van der Waals surface area contributed by atoms with E-state index in [1.807, 2.05) is 0 Å². The monoisotopic (exact) mass is 364 g/mol. The zero-order valence-electron chi connectivity index (χ0n) is 16.5. The molecule has 0 N–H and O–H groups in total. The molecule has 1 saturated carbocycles. The van der Waals surface area contributed by atoms with Gasteiger partial charge in [0, 0.05) is 67.5 Å². The van der Waals surface area contributed by atoms with Gasteiger partial charge in [0.05, 0.1) is 0 Å². The van der Waals surface area contributed by atoms with Crippen LogP contribution >= 0.6 is 0 Å². The van der Waals surface area contributed by atoms with Crippen molar-refractivity contribution in [1.82, 2.24) is 19.9 Å². The quantitative estimate of drug-likeness (QED) is 0.831. The van der Waals surface area contributed by atoms with Gasteiger partial charge < -0.3 is 9.80 Å². The molecule has 2 atom stereocenters. The Kier molecular flexibility index (Phi) is 4.02. The lowest BCUT2D eigenvalue weighted by atomic mass is 10.0. The van der Waals surface area contributed by atoms with Gasteiger partial charge >= 0.3 is 0 Å². The number of fused-ring (bicyclic) bond motifs is 1. The molecule has 5 rings (SSSR count). The van der Waals surface area contributed by atoms with Crippen LogP contribution in [0, 0.1) is 18.8 Å². The number of anilines is 2. The largest absolute Gasteiger partial charge is 0.356 e. The first-order chi connectivity index (χ1) is 13.1. The zero-order chi connectivity index (χ0) is 18.5. The van der Waals surface area contributed by atoms with Crippen molar-refractivity contribution in [1.29, 1.82) is 0 Å². The summed E-state index contributed by atoms with van der Waals surface area (Å²) in [7, 11) is 0. The Morgan fingerprint density at radius 1 is 0.889 bits per heavy atom. The van der Waals surface area contributed by atoms with E-state index in [1.54, 1.807) is 6.33 Å². The highest BCUT2D eigenvalue weighted by molar-refractivity contribution is 5.46. The Morgan fingerprint density at radius 3 is 2.19 bits per heavy atom. The standard InChI is InChI=1S/C21H28N6/c1-13(2)18-7-19(23-12-22-18)26-8-16-10-27(11-17(16)9-26)20-6-14(3)24-21(25-20)15-4-5-15/h6-7,12-13,15-17H,4-5,8-11H2,1-3H3. The number of hydrogen-bond donors (Lipinski definition) is 0. The van der Waals surface area contributed by atoms with E-state index >= 15 is 0 Å². The molecule has 4 heterocycles. The molecule has 0 aromatic carbocycles. The van der Waals surface area contributed by atoms with Crippen molar-refractivity contribution in [3.8, 4) is 0 Å². The number of rotatable bonds is 4. The van der Waals surface area contributed by atoms with E-state index in [9.17, 15) is 0 Å². The van der Waals surface area contributed by atoms with Crippen molar-refractivity contribution in [2.45, 2.75) is 45.4 Å². The number of aromatic nitrogens is 4. The van der Waals surface area contributed by atoms with Crippen LogP contribution in [0.3, 0.4) is 0 Å². The molecule has 0 bridgehead atoms. The molecule has 3 aliphatic rings. The highest BCUT2D eigenvalue weighted by Gasteiger charge is 2.41. The van der Waals surface area contributed by atoms with Gasteiger partial charge in [-0.15, -0.1) is 0 Å². The molecule has 1 aliphatic carbocycles. The van der Waals surface area contributed by atoms with E-state index < -0.39 is 0 Å². The van der Waals surface area contributed by atoms with Crippen molar-refractivity contribution in [2.24, 2.45) is 11.8 Å². The normalized spacial score (nSPS) is 24.7. The average Bonchev–Trinajstić information content (AvgIpc) is 3.31. The van der Waals surface area contributed by atoms with Gasteiger partial charge in [-0.3, -0.25) is 0 Å². The van der Waals surface area contributed by atoms with Gasteiger partial charge in [-0.1, -0.05) is 13.8 Å². The SMILES string of the molecule is Cc1cc(N2CC3CN(c4cc(C(C)C)ncn4)CC3C2)nc(C2CC2)n1. The van der Waals surface area contributed by atoms with Gasteiger partial charge in [-0.05, 0) is 25.7 Å². The number of nitrogens with zero attached hydrogens (tertiary/aromatic N) is 6. The van der Waals surface area contributed by atoms with Crippen LogP contribution in [0.15, 0.2) is 18.5 Å². The Bertz CT molecular complexity index is 832. The summed E-state index contributed by atoms with van der Waals surface area (Å²) in [6, 6.07) is 4.32. The van der Waals surface area contributed by atoms with Crippen molar-refractivity contribution < 1.29 is 0 Å². The summed E-state index contributed by atoms with van der Waals surface area (Å²) in [6.07, 6.45) is 4.22. The van der Waals surface area contributed by atoms with E-state index in [1.165, 1.54) is 12.8 Å². The molecule has 2 saturated heterocycles. The molecule has 6 heteroatoms. The first-order valence-corrected chi connectivity index (χ1v) is 10.2. The van der Waals surface area contributed by atoms with Crippen molar-refractivity contribution in [3.05, 3.63) is 35.7 Å². The highest BCUT2D eigenvalue weighted by atomic mass is 15.3. The van der Waals surface area contributed by atoms with Crippen molar-refractivity contribution in [3.63, 3.8) is 0 Å². The van der Waals surface area contributed by atoms with Crippen LogP contribution in [-0.2, 0) is 0 Å². The van der Waals surface area contributed by atoms with E-state index in [-0.39, 0.29) is 0 Å². The predicted octanol–water partition coefficient (Wildman–Crippen LogP) is 3.15. The van der Waals surface area contributed by atoms with E-state index in [4.69, 9.17) is 4.98 Å². The lowest BCUT2D eigenvalue weighted by Crippen LogP contribution is -2.30. The summed E-state index contributed by atoms with van der Waals surface area (Å²) in [6.45, 7) is 10.8. The van der Waals surface area contributed by atoms with Crippen LogP contribution in [0.4, 0.5) is 11.6 Å². The third-order valence-electron chi connectivity index (χ3n) is 6.20. The van der Waals surface area contributed by atoms with Crippen molar-refractivity contribution >= 4 is 11.6 Å². The molecular formula is C21H28N6. The van der Waals surface area contributed by atoms with Gasteiger partial charge in [-0.25, -0.2) is 19.9 Å². The Hall–Kier alpha value is -2.24. The van der Waals surface area contributed by atoms with Crippen LogP contribution in [0.2, 0.25) is 0 Å². The van der Waals surface area contributed by atoms with E-state index in [0.717, 1.165) is 55.0 Å². The number of hydrogen-bond acceptors (Lipinski definition) is 6. The summed E-state index contributed by atoms with van der Waals surface area (Å²) in [5, 5.41) is 0. The Labute approximate surface area is 161 Å². The van der Waals surface area contributed by atoms with Gasteiger partial charge in [0.1, 0.15) is 23.8 Å². The Balaban J connectivity index is 1.29. The van der Waals surface area contributed by atoms with Gasteiger partial charge in [0.25, 0.3) is 0 Å². The van der Waals surface area contributed by atoms with E-state index in [2.05, 4.69) is 57.7 Å². The molecule has 3 fully saturated rings. The van der Waals surface area contributed by atoms with Gasteiger partial charge in [0.2, 0.25) is 0 Å². The van der Waals surface area contributed by atoms with Crippen LogP contribution < -0.4 is 9.80 Å². The van der Waals surface area contributed by atoms with Crippen LogP contribution in [0.1, 0.15) is 55.7 Å². The van der Waals surface area contributed by atoms with Gasteiger partial charge in [0.15, 0.2) is 0 Å². The molecule has 0 radical (unpaired) electrons. The first kappa shape index (κ1) is 16.9. The third-order valence-corrected chi connectivity index (χ3v) is 6.20.